The third-order valence-electron chi connectivity index (χ3n) is 1.75. The first-order valence-corrected chi connectivity index (χ1v) is 3.65. The van der Waals surface area contributed by atoms with E-state index in [1.807, 2.05) is 0 Å². The summed E-state index contributed by atoms with van der Waals surface area (Å²) in [6, 6.07) is 4.40. The van der Waals surface area contributed by atoms with E-state index in [0.29, 0.717) is 5.56 Å². The average molecular weight is 167 g/mol. The normalized spacial score (nSPS) is 12.5. The first-order valence-electron chi connectivity index (χ1n) is 3.65. The van der Waals surface area contributed by atoms with Crippen LogP contribution in [0.25, 0.3) is 0 Å². The second kappa shape index (κ2) is 3.34. The molecule has 0 saturated heterocycles. The quantitative estimate of drug-likeness (QED) is 0.538. The highest BCUT2D eigenvalue weighted by atomic mass is 19.1. The number of benzene rings is 1. The van der Waals surface area contributed by atoms with Gasteiger partial charge in [0.15, 0.2) is 0 Å². The van der Waals surface area contributed by atoms with Crippen molar-refractivity contribution >= 4 is 12.0 Å². The molecule has 0 fully saturated rings. The molecular weight excluding hydrogens is 157 g/mol. The minimum atomic E-state index is -0.471. The van der Waals surface area contributed by atoms with Crippen LogP contribution in [0.1, 0.15) is 18.4 Å². The zero-order chi connectivity index (χ0) is 9.14. The van der Waals surface area contributed by atoms with Gasteiger partial charge in [-0.25, -0.2) is 4.39 Å². The van der Waals surface area contributed by atoms with Gasteiger partial charge in [-0.15, -0.1) is 0 Å². The summed E-state index contributed by atoms with van der Waals surface area (Å²) in [5.74, 6) is -0.749. The lowest BCUT2D eigenvalue weighted by Gasteiger charge is -2.04. The lowest BCUT2D eigenvalue weighted by Crippen LogP contribution is -1.97. The number of carbonyl (C=O) groups excluding carboxylic acids is 1. The standard InChI is InChI=1S/C9H10FNO/c1-6(5-12)7-2-3-9(11)8(10)4-7/h2-6H,11H2,1H3. The molecule has 1 rings (SSSR count). The van der Waals surface area contributed by atoms with Crippen LogP contribution in [0.4, 0.5) is 10.1 Å². The number of halogens is 1. The zero-order valence-corrected chi connectivity index (χ0v) is 6.75. The van der Waals surface area contributed by atoms with Gasteiger partial charge in [-0.2, -0.15) is 0 Å². The van der Waals surface area contributed by atoms with Gasteiger partial charge in [0.1, 0.15) is 12.1 Å². The SMILES string of the molecule is CC(C=O)c1ccc(N)c(F)c1. The molecule has 0 saturated carbocycles. The summed E-state index contributed by atoms with van der Waals surface area (Å²) in [7, 11) is 0. The molecular formula is C9H10FNO. The summed E-state index contributed by atoms with van der Waals surface area (Å²) < 4.78 is 12.8. The molecule has 2 nitrogen and oxygen atoms in total. The van der Waals surface area contributed by atoms with Crippen molar-refractivity contribution in [2.45, 2.75) is 12.8 Å². The second-order valence-electron chi connectivity index (χ2n) is 2.71. The van der Waals surface area contributed by atoms with Gasteiger partial charge >= 0.3 is 0 Å². The highest BCUT2D eigenvalue weighted by Crippen LogP contribution is 2.17. The van der Waals surface area contributed by atoms with Crippen molar-refractivity contribution in [1.82, 2.24) is 0 Å². The molecule has 64 valence electrons. The van der Waals surface area contributed by atoms with Crippen LogP contribution < -0.4 is 5.73 Å². The van der Waals surface area contributed by atoms with Crippen molar-refractivity contribution in [2.24, 2.45) is 0 Å². The molecule has 2 N–H and O–H groups in total. The van der Waals surface area contributed by atoms with Crippen LogP contribution >= 0.6 is 0 Å². The second-order valence-corrected chi connectivity index (χ2v) is 2.71. The minimum absolute atomic E-state index is 0.108. The number of nitrogens with two attached hydrogens (primary N) is 1. The molecule has 0 amide bonds. The van der Waals surface area contributed by atoms with E-state index in [-0.39, 0.29) is 11.6 Å². The van der Waals surface area contributed by atoms with Crippen molar-refractivity contribution in [3.63, 3.8) is 0 Å². The summed E-state index contributed by atoms with van der Waals surface area (Å²) in [4.78, 5) is 10.3. The molecule has 0 heterocycles. The van der Waals surface area contributed by atoms with Gasteiger partial charge in [0.25, 0.3) is 0 Å². The van der Waals surface area contributed by atoms with Gasteiger partial charge in [0.05, 0.1) is 5.69 Å². The van der Waals surface area contributed by atoms with Crippen LogP contribution in [0.2, 0.25) is 0 Å². The van der Waals surface area contributed by atoms with Crippen LogP contribution in [0.15, 0.2) is 18.2 Å². The van der Waals surface area contributed by atoms with Crippen LogP contribution in [-0.2, 0) is 4.79 Å². The maximum atomic E-state index is 12.8. The Morgan fingerprint density at radius 2 is 2.25 bits per heavy atom. The lowest BCUT2D eigenvalue weighted by atomic mass is 10.0. The van der Waals surface area contributed by atoms with E-state index in [2.05, 4.69) is 0 Å². The first kappa shape index (κ1) is 8.71. The number of hydrogen-bond acceptors (Lipinski definition) is 2. The van der Waals surface area contributed by atoms with Crippen molar-refractivity contribution < 1.29 is 9.18 Å². The van der Waals surface area contributed by atoms with Crippen molar-refractivity contribution in [3.05, 3.63) is 29.6 Å². The number of nitrogen functional groups attached to an aromatic ring is 1. The molecule has 1 aromatic rings. The highest BCUT2D eigenvalue weighted by molar-refractivity contribution is 5.62. The number of anilines is 1. The molecule has 0 aliphatic carbocycles. The van der Waals surface area contributed by atoms with Crippen LogP contribution in [0.3, 0.4) is 0 Å². The van der Waals surface area contributed by atoms with Crippen molar-refractivity contribution in [3.8, 4) is 0 Å². The van der Waals surface area contributed by atoms with Gasteiger partial charge in [-0.05, 0) is 17.7 Å². The van der Waals surface area contributed by atoms with Gasteiger partial charge in [0, 0.05) is 5.92 Å². The molecule has 1 atom stereocenters. The monoisotopic (exact) mass is 167 g/mol. The molecule has 1 unspecified atom stereocenters. The summed E-state index contributed by atoms with van der Waals surface area (Å²) in [5.41, 5.74) is 6.02. The molecule has 0 bridgehead atoms. The van der Waals surface area contributed by atoms with Gasteiger partial charge in [-0.3, -0.25) is 0 Å². The molecule has 12 heavy (non-hydrogen) atoms. The van der Waals surface area contributed by atoms with E-state index in [9.17, 15) is 9.18 Å². The Morgan fingerprint density at radius 3 is 2.75 bits per heavy atom. The molecule has 0 radical (unpaired) electrons. The van der Waals surface area contributed by atoms with Crippen LogP contribution in [-0.4, -0.2) is 6.29 Å². The van der Waals surface area contributed by atoms with Gasteiger partial charge in [-0.1, -0.05) is 13.0 Å². The Hall–Kier alpha value is -1.38. The fraction of sp³-hybridized carbons (Fsp3) is 0.222. The largest absolute Gasteiger partial charge is 0.396 e. The van der Waals surface area contributed by atoms with Gasteiger partial charge in [0.2, 0.25) is 0 Å². The molecule has 0 aromatic heterocycles. The lowest BCUT2D eigenvalue weighted by molar-refractivity contribution is -0.108. The third-order valence-corrected chi connectivity index (χ3v) is 1.75. The van der Waals surface area contributed by atoms with E-state index in [0.717, 1.165) is 6.29 Å². The maximum absolute atomic E-state index is 12.8. The fourth-order valence-corrected chi connectivity index (χ4v) is 0.905. The molecule has 0 aliphatic heterocycles. The summed E-state index contributed by atoms with van der Waals surface area (Å²) in [6.45, 7) is 1.71. The zero-order valence-electron chi connectivity index (χ0n) is 6.75. The number of carbonyl (C=O) groups is 1. The minimum Gasteiger partial charge on any atom is -0.396 e. The Morgan fingerprint density at radius 1 is 1.58 bits per heavy atom. The fourth-order valence-electron chi connectivity index (χ4n) is 0.905. The van der Waals surface area contributed by atoms with Crippen LogP contribution in [0, 0.1) is 5.82 Å². The van der Waals surface area contributed by atoms with E-state index in [1.165, 1.54) is 12.1 Å². The van der Waals surface area contributed by atoms with Crippen molar-refractivity contribution in [2.75, 3.05) is 5.73 Å². The Bertz CT molecular complexity index is 299. The molecule has 3 heteroatoms. The summed E-state index contributed by atoms with van der Waals surface area (Å²) in [5, 5.41) is 0. The van der Waals surface area contributed by atoms with Crippen molar-refractivity contribution in [1.29, 1.82) is 0 Å². The Balaban J connectivity index is 3.04. The van der Waals surface area contributed by atoms with E-state index in [4.69, 9.17) is 5.73 Å². The average Bonchev–Trinajstić information content (AvgIpc) is 2.08. The highest BCUT2D eigenvalue weighted by Gasteiger charge is 2.05. The van der Waals surface area contributed by atoms with E-state index >= 15 is 0 Å². The third kappa shape index (κ3) is 1.61. The first-order chi connectivity index (χ1) is 5.65. The predicted molar refractivity (Wildman–Crippen MR) is 45.3 cm³/mol. The predicted octanol–water partition coefficient (Wildman–Crippen LogP) is 1.71. The summed E-state index contributed by atoms with van der Waals surface area (Å²) in [6.07, 6.45) is 0.769. The summed E-state index contributed by atoms with van der Waals surface area (Å²) >= 11 is 0. The van der Waals surface area contributed by atoms with E-state index < -0.39 is 5.82 Å². The number of rotatable bonds is 2. The topological polar surface area (TPSA) is 43.1 Å². The number of hydrogen-bond donors (Lipinski definition) is 1. The van der Waals surface area contributed by atoms with Gasteiger partial charge < -0.3 is 10.5 Å². The Labute approximate surface area is 70.2 Å². The maximum Gasteiger partial charge on any atom is 0.146 e. The smallest absolute Gasteiger partial charge is 0.146 e. The molecule has 0 aliphatic rings. The number of aldehydes is 1. The van der Waals surface area contributed by atoms with E-state index in [1.54, 1.807) is 13.0 Å². The van der Waals surface area contributed by atoms with Crippen LogP contribution in [0.5, 0.6) is 0 Å². The Kier molecular flexibility index (Phi) is 2.43. The molecule has 1 aromatic carbocycles. The molecule has 0 spiro atoms.